The highest BCUT2D eigenvalue weighted by Gasteiger charge is 2.35. The Morgan fingerprint density at radius 1 is 1.30 bits per heavy atom. The van der Waals surface area contributed by atoms with Gasteiger partial charge in [0.1, 0.15) is 0 Å². The zero-order chi connectivity index (χ0) is 15.3. The Hall–Kier alpha value is -1.03. The molecular formula is C15H19ClF3N. The topological polar surface area (TPSA) is 12.4 Å². The predicted octanol–water partition coefficient (Wildman–Crippen LogP) is 5.98. The highest BCUT2D eigenvalue weighted by Crippen LogP contribution is 2.35. The van der Waals surface area contributed by atoms with Crippen LogP contribution >= 0.6 is 11.6 Å². The third kappa shape index (κ3) is 4.23. The highest BCUT2D eigenvalue weighted by molar-refractivity contribution is 6.67. The van der Waals surface area contributed by atoms with E-state index in [0.717, 1.165) is 24.0 Å². The number of halogens is 4. The molecule has 0 aromatic heterocycles. The monoisotopic (exact) mass is 305 g/mol. The molecule has 1 rings (SSSR count). The number of aryl methyl sites for hydroxylation is 1. The van der Waals surface area contributed by atoms with Gasteiger partial charge in [-0.3, -0.25) is 0 Å². The number of alkyl halides is 3. The lowest BCUT2D eigenvalue weighted by molar-refractivity contribution is -0.0558. The normalized spacial score (nSPS) is 14.4. The second-order valence-electron chi connectivity index (χ2n) is 4.81. The van der Waals surface area contributed by atoms with Gasteiger partial charge in [0.2, 0.25) is 5.17 Å². The van der Waals surface area contributed by atoms with Gasteiger partial charge in [0.25, 0.3) is 0 Å². The van der Waals surface area contributed by atoms with E-state index in [4.69, 9.17) is 11.6 Å². The summed E-state index contributed by atoms with van der Waals surface area (Å²) in [5.41, 5.74) is 2.01. The van der Waals surface area contributed by atoms with Gasteiger partial charge >= 0.3 is 6.18 Å². The van der Waals surface area contributed by atoms with Gasteiger partial charge in [-0.05, 0) is 29.9 Å². The number of para-hydroxylation sites is 1. The Balaban J connectivity index is 3.39. The van der Waals surface area contributed by atoms with Crippen molar-refractivity contribution in [2.75, 3.05) is 0 Å². The van der Waals surface area contributed by atoms with E-state index in [1.54, 1.807) is 0 Å². The lowest BCUT2D eigenvalue weighted by atomic mass is 9.93. The molecule has 1 atom stereocenters. The molecule has 0 heterocycles. The molecule has 0 saturated heterocycles. The fourth-order valence-electron chi connectivity index (χ4n) is 2.00. The zero-order valence-electron chi connectivity index (χ0n) is 11.9. The van der Waals surface area contributed by atoms with Crippen LogP contribution in [0.3, 0.4) is 0 Å². The molecule has 1 nitrogen and oxygen atoms in total. The van der Waals surface area contributed by atoms with E-state index in [0.29, 0.717) is 12.1 Å². The minimum absolute atomic E-state index is 0.142. The van der Waals surface area contributed by atoms with Gasteiger partial charge in [-0.15, -0.1) is 0 Å². The van der Waals surface area contributed by atoms with Crippen molar-refractivity contribution in [2.24, 2.45) is 4.99 Å². The lowest BCUT2D eigenvalue weighted by Gasteiger charge is -2.16. The van der Waals surface area contributed by atoms with Gasteiger partial charge in [0.15, 0.2) is 0 Å². The minimum Gasteiger partial charge on any atom is -0.232 e. The Morgan fingerprint density at radius 3 is 2.45 bits per heavy atom. The first-order valence-corrected chi connectivity index (χ1v) is 7.12. The summed E-state index contributed by atoms with van der Waals surface area (Å²) < 4.78 is 37.8. The molecule has 5 heteroatoms. The van der Waals surface area contributed by atoms with Crippen LogP contribution in [0.25, 0.3) is 0 Å². The van der Waals surface area contributed by atoms with Crippen molar-refractivity contribution in [2.45, 2.75) is 52.1 Å². The van der Waals surface area contributed by atoms with Gasteiger partial charge < -0.3 is 0 Å². The van der Waals surface area contributed by atoms with Gasteiger partial charge in [-0.25, -0.2) is 4.99 Å². The molecule has 1 unspecified atom stereocenters. The van der Waals surface area contributed by atoms with Crippen LogP contribution in [0.1, 0.15) is 50.7 Å². The number of hydrogen-bond acceptors (Lipinski definition) is 1. The molecule has 1 aromatic carbocycles. The summed E-state index contributed by atoms with van der Waals surface area (Å²) in [7, 11) is 0. The molecule has 0 N–H and O–H groups in total. The summed E-state index contributed by atoms with van der Waals surface area (Å²) in [5.74, 6) is 0.142. The maximum Gasteiger partial charge on any atom is 0.444 e. The Bertz CT molecular complexity index is 480. The highest BCUT2D eigenvalue weighted by atomic mass is 35.5. The fraction of sp³-hybridized carbons (Fsp3) is 0.533. The van der Waals surface area contributed by atoms with E-state index in [9.17, 15) is 13.2 Å². The molecular weight excluding hydrogens is 287 g/mol. The molecule has 0 fully saturated rings. The van der Waals surface area contributed by atoms with Crippen LogP contribution in [-0.2, 0) is 6.42 Å². The number of hydrogen-bond donors (Lipinski definition) is 0. The van der Waals surface area contributed by atoms with Crippen LogP contribution in [0.5, 0.6) is 0 Å². The number of benzene rings is 1. The van der Waals surface area contributed by atoms with Crippen LogP contribution in [0.2, 0.25) is 0 Å². The van der Waals surface area contributed by atoms with E-state index >= 15 is 0 Å². The second kappa shape index (κ2) is 7.11. The molecule has 112 valence electrons. The Labute approximate surface area is 122 Å². The number of nitrogens with zero attached hydrogens (tertiary/aromatic N) is 1. The first-order valence-electron chi connectivity index (χ1n) is 6.74. The van der Waals surface area contributed by atoms with Crippen LogP contribution in [0.4, 0.5) is 18.9 Å². The molecule has 0 radical (unpaired) electrons. The van der Waals surface area contributed by atoms with E-state index in [2.05, 4.69) is 4.99 Å². The maximum absolute atomic E-state index is 12.6. The van der Waals surface area contributed by atoms with E-state index < -0.39 is 11.3 Å². The van der Waals surface area contributed by atoms with Gasteiger partial charge in [0, 0.05) is 0 Å². The van der Waals surface area contributed by atoms with Gasteiger partial charge in [-0.2, -0.15) is 13.2 Å². The molecule has 0 bridgehead atoms. The predicted molar refractivity (Wildman–Crippen MR) is 78.1 cm³/mol. The maximum atomic E-state index is 12.6. The van der Waals surface area contributed by atoms with Crippen molar-refractivity contribution in [3.8, 4) is 0 Å². The fourth-order valence-corrected chi connectivity index (χ4v) is 2.08. The van der Waals surface area contributed by atoms with Crippen molar-refractivity contribution >= 4 is 22.5 Å². The summed E-state index contributed by atoms with van der Waals surface area (Å²) in [6.07, 6.45) is -2.24. The van der Waals surface area contributed by atoms with Crippen molar-refractivity contribution in [1.82, 2.24) is 0 Å². The SMILES string of the molecule is CCCc1cccc(C(C)CC)c1/N=C(\Cl)C(F)(F)F. The standard InChI is InChI=1S/C15H19ClF3N/c1-4-7-11-8-6-9-12(10(3)5-2)13(11)20-14(16)15(17,18)19/h6,8-10H,4-5,7H2,1-3H3/b20-14-. The van der Waals surface area contributed by atoms with Crippen molar-refractivity contribution < 1.29 is 13.2 Å². The van der Waals surface area contributed by atoms with Crippen molar-refractivity contribution in [3.05, 3.63) is 29.3 Å². The molecule has 20 heavy (non-hydrogen) atoms. The number of aliphatic imine (C=N–C) groups is 1. The molecule has 0 amide bonds. The van der Waals surface area contributed by atoms with Gasteiger partial charge in [-0.1, -0.05) is 57.0 Å². The Kier molecular flexibility index (Phi) is 6.06. The van der Waals surface area contributed by atoms with E-state index in [-0.39, 0.29) is 5.92 Å². The van der Waals surface area contributed by atoms with Crippen LogP contribution < -0.4 is 0 Å². The molecule has 0 saturated carbocycles. The third-order valence-corrected chi connectivity index (χ3v) is 3.56. The summed E-state index contributed by atoms with van der Waals surface area (Å²) in [6.45, 7) is 5.95. The third-order valence-electron chi connectivity index (χ3n) is 3.26. The van der Waals surface area contributed by atoms with Crippen LogP contribution in [-0.4, -0.2) is 11.3 Å². The van der Waals surface area contributed by atoms with Crippen molar-refractivity contribution in [1.29, 1.82) is 0 Å². The molecule has 1 aromatic rings. The number of rotatable bonds is 5. The molecule has 0 spiro atoms. The molecule has 0 aliphatic carbocycles. The summed E-state index contributed by atoms with van der Waals surface area (Å²) in [6, 6.07) is 5.51. The average Bonchev–Trinajstić information content (AvgIpc) is 2.38. The smallest absolute Gasteiger partial charge is 0.232 e. The minimum atomic E-state index is -4.60. The summed E-state index contributed by atoms with van der Waals surface area (Å²) in [5, 5.41) is -1.31. The first kappa shape index (κ1) is 17.0. The average molecular weight is 306 g/mol. The van der Waals surface area contributed by atoms with Crippen LogP contribution in [0.15, 0.2) is 23.2 Å². The van der Waals surface area contributed by atoms with Crippen LogP contribution in [0, 0.1) is 0 Å². The van der Waals surface area contributed by atoms with E-state index in [1.165, 1.54) is 0 Å². The van der Waals surface area contributed by atoms with E-state index in [1.807, 2.05) is 39.0 Å². The largest absolute Gasteiger partial charge is 0.444 e. The first-order chi connectivity index (χ1) is 9.31. The van der Waals surface area contributed by atoms with Crippen molar-refractivity contribution in [3.63, 3.8) is 0 Å². The summed E-state index contributed by atoms with van der Waals surface area (Å²) in [4.78, 5) is 3.67. The Morgan fingerprint density at radius 2 is 1.95 bits per heavy atom. The second-order valence-corrected chi connectivity index (χ2v) is 5.17. The molecule has 0 aliphatic rings. The zero-order valence-corrected chi connectivity index (χ0v) is 12.6. The van der Waals surface area contributed by atoms with Gasteiger partial charge in [0.05, 0.1) is 5.69 Å². The lowest BCUT2D eigenvalue weighted by Crippen LogP contribution is -2.17. The molecule has 0 aliphatic heterocycles. The summed E-state index contributed by atoms with van der Waals surface area (Å²) >= 11 is 5.31. The quantitative estimate of drug-likeness (QED) is 0.593.